The lowest BCUT2D eigenvalue weighted by atomic mass is 10.1. The summed E-state index contributed by atoms with van der Waals surface area (Å²) in [6.07, 6.45) is 3.44. The molecule has 0 aliphatic heterocycles. The van der Waals surface area contributed by atoms with Gasteiger partial charge in [0.15, 0.2) is 0 Å². The number of nitrogens with two attached hydrogens (primary N) is 2. The van der Waals surface area contributed by atoms with Crippen LogP contribution < -0.4 is 22.3 Å². The Balaban J connectivity index is 4.16. The molecule has 10 heteroatoms. The van der Waals surface area contributed by atoms with Crippen molar-refractivity contribution < 1.29 is 19.9 Å². The number of amidine groups is 2. The highest BCUT2D eigenvalue weighted by molar-refractivity contribution is 5.86. The van der Waals surface area contributed by atoms with Gasteiger partial charge in [-0.25, -0.2) is 4.79 Å². The zero-order valence-corrected chi connectivity index (χ0v) is 15.6. The number of carbonyl (C=O) groups excluding carboxylic acids is 1. The van der Waals surface area contributed by atoms with Gasteiger partial charge in [0, 0.05) is 13.1 Å². The van der Waals surface area contributed by atoms with Gasteiger partial charge in [0.2, 0.25) is 5.91 Å². The highest BCUT2D eigenvalue weighted by atomic mass is 16.5. The number of carboxylic acids is 1. The molecule has 0 aromatic heterocycles. The van der Waals surface area contributed by atoms with Gasteiger partial charge < -0.3 is 21.9 Å². The van der Waals surface area contributed by atoms with E-state index in [4.69, 9.17) is 16.7 Å². The molecule has 0 saturated carbocycles. The van der Waals surface area contributed by atoms with Gasteiger partial charge in [-0.2, -0.15) is 0 Å². The van der Waals surface area contributed by atoms with E-state index in [9.17, 15) is 14.7 Å². The number of nitrogens with zero attached hydrogens (tertiary/aromatic N) is 2. The van der Waals surface area contributed by atoms with E-state index in [0.717, 1.165) is 6.42 Å². The van der Waals surface area contributed by atoms with Crippen LogP contribution in [0, 0.1) is 0 Å². The maximum absolute atomic E-state index is 12.0. The maximum Gasteiger partial charge on any atom is 0.326 e. The van der Waals surface area contributed by atoms with Crippen molar-refractivity contribution in [3.63, 3.8) is 0 Å². The van der Waals surface area contributed by atoms with Crippen LogP contribution in [0.4, 0.5) is 0 Å². The third kappa shape index (κ3) is 12.2. The topological polar surface area (TPSA) is 175 Å². The van der Waals surface area contributed by atoms with E-state index in [1.54, 1.807) is 13.8 Å². The molecule has 150 valence electrons. The molecule has 0 radical (unpaired) electrons. The summed E-state index contributed by atoms with van der Waals surface area (Å²) in [5, 5.41) is 20.3. The molecule has 0 spiro atoms. The molecule has 0 fully saturated rings. The van der Waals surface area contributed by atoms with Gasteiger partial charge >= 0.3 is 5.97 Å². The van der Waals surface area contributed by atoms with Crippen molar-refractivity contribution in [3.05, 3.63) is 0 Å². The quantitative estimate of drug-likeness (QED) is 0.114. The van der Waals surface area contributed by atoms with E-state index in [0.29, 0.717) is 56.9 Å². The molecule has 0 aromatic rings. The largest absolute Gasteiger partial charge is 0.480 e. The average Bonchev–Trinajstić information content (AvgIpc) is 2.58. The fraction of sp³-hybridized carbons (Fsp3) is 0.750. The van der Waals surface area contributed by atoms with Crippen LogP contribution in [0.15, 0.2) is 9.98 Å². The third-order valence-corrected chi connectivity index (χ3v) is 3.65. The van der Waals surface area contributed by atoms with Gasteiger partial charge in [0.1, 0.15) is 11.9 Å². The number of amides is 1. The van der Waals surface area contributed by atoms with Crippen molar-refractivity contribution in [2.45, 2.75) is 64.5 Å². The van der Waals surface area contributed by atoms with Crippen molar-refractivity contribution in [1.29, 1.82) is 0 Å². The number of hydroxylamine groups is 1. The summed E-state index contributed by atoms with van der Waals surface area (Å²) in [4.78, 5) is 31.4. The molecule has 0 saturated heterocycles. The SMILES string of the molecule is CC(N)=NCCCCC(N)C(=O)NC(CCCCN=C(C)NO)C(=O)O. The zero-order chi connectivity index (χ0) is 19.9. The first-order chi connectivity index (χ1) is 12.3. The lowest BCUT2D eigenvalue weighted by Gasteiger charge is -2.17. The van der Waals surface area contributed by atoms with Crippen LogP contribution in [0.3, 0.4) is 0 Å². The first-order valence-electron chi connectivity index (χ1n) is 8.74. The predicted molar refractivity (Wildman–Crippen MR) is 100 cm³/mol. The number of unbranched alkanes of at least 4 members (excludes halogenated alkanes) is 2. The number of hydrogen-bond donors (Lipinski definition) is 6. The number of aliphatic carboxylic acids is 1. The van der Waals surface area contributed by atoms with Gasteiger partial charge in [-0.15, -0.1) is 0 Å². The minimum absolute atomic E-state index is 0.291. The molecule has 8 N–H and O–H groups in total. The van der Waals surface area contributed by atoms with Gasteiger partial charge in [0.05, 0.1) is 11.9 Å². The maximum atomic E-state index is 12.0. The molecule has 2 atom stereocenters. The van der Waals surface area contributed by atoms with E-state index < -0.39 is 24.0 Å². The number of carboxylic acid groups (broad SMARTS) is 1. The molecular formula is C16H32N6O4. The van der Waals surface area contributed by atoms with Gasteiger partial charge in [-0.1, -0.05) is 0 Å². The summed E-state index contributed by atoms with van der Waals surface area (Å²) in [5.74, 6) is -0.638. The lowest BCUT2D eigenvalue weighted by Crippen LogP contribution is -2.48. The van der Waals surface area contributed by atoms with Crippen LogP contribution in [0.5, 0.6) is 0 Å². The minimum atomic E-state index is -1.09. The van der Waals surface area contributed by atoms with E-state index in [1.165, 1.54) is 0 Å². The van der Waals surface area contributed by atoms with Crippen LogP contribution in [-0.2, 0) is 9.59 Å². The first kappa shape index (κ1) is 23.8. The molecule has 0 aliphatic rings. The molecule has 1 amide bonds. The summed E-state index contributed by atoms with van der Waals surface area (Å²) in [6, 6.07) is -1.72. The summed E-state index contributed by atoms with van der Waals surface area (Å²) in [5.41, 5.74) is 13.2. The smallest absolute Gasteiger partial charge is 0.326 e. The molecule has 0 aliphatic carbocycles. The zero-order valence-electron chi connectivity index (χ0n) is 15.6. The van der Waals surface area contributed by atoms with E-state index in [-0.39, 0.29) is 0 Å². The first-order valence-corrected chi connectivity index (χ1v) is 8.74. The molecule has 0 bridgehead atoms. The van der Waals surface area contributed by atoms with Crippen molar-refractivity contribution in [3.8, 4) is 0 Å². The second-order valence-electron chi connectivity index (χ2n) is 6.10. The average molecular weight is 372 g/mol. The number of aliphatic imine (C=N–C) groups is 2. The molecule has 0 heterocycles. The summed E-state index contributed by atoms with van der Waals surface area (Å²) in [6.45, 7) is 4.37. The summed E-state index contributed by atoms with van der Waals surface area (Å²) < 4.78 is 0. The molecule has 0 rings (SSSR count). The van der Waals surface area contributed by atoms with Crippen LogP contribution in [0.25, 0.3) is 0 Å². The Kier molecular flexibility index (Phi) is 12.8. The number of carbonyl (C=O) groups is 2. The van der Waals surface area contributed by atoms with E-state index in [1.807, 2.05) is 5.48 Å². The second-order valence-corrected chi connectivity index (χ2v) is 6.10. The van der Waals surface area contributed by atoms with Gasteiger partial charge in [-0.05, 0) is 52.4 Å². The normalized spacial score (nSPS) is 14.6. The highest BCUT2D eigenvalue weighted by Crippen LogP contribution is 2.05. The molecular weight excluding hydrogens is 340 g/mol. The van der Waals surface area contributed by atoms with Crippen molar-refractivity contribution >= 4 is 23.5 Å². The highest BCUT2D eigenvalue weighted by Gasteiger charge is 2.22. The van der Waals surface area contributed by atoms with Crippen LogP contribution >= 0.6 is 0 Å². The van der Waals surface area contributed by atoms with Crippen molar-refractivity contribution in [2.75, 3.05) is 13.1 Å². The Hall–Kier alpha value is -2.20. The van der Waals surface area contributed by atoms with Crippen LogP contribution in [-0.4, -0.2) is 59.0 Å². The number of rotatable bonds is 13. The second kappa shape index (κ2) is 14.0. The Morgan fingerprint density at radius 1 is 1.04 bits per heavy atom. The lowest BCUT2D eigenvalue weighted by molar-refractivity contribution is -0.142. The number of nitrogens with one attached hydrogen (secondary N) is 2. The molecule has 26 heavy (non-hydrogen) atoms. The summed E-state index contributed by atoms with van der Waals surface area (Å²) >= 11 is 0. The van der Waals surface area contributed by atoms with Crippen molar-refractivity contribution in [2.24, 2.45) is 21.5 Å². The molecule has 0 aromatic carbocycles. The fourth-order valence-corrected chi connectivity index (χ4v) is 2.14. The fourth-order valence-electron chi connectivity index (χ4n) is 2.14. The number of hydrogen-bond acceptors (Lipinski definition) is 6. The van der Waals surface area contributed by atoms with E-state index in [2.05, 4.69) is 15.3 Å². The summed E-state index contributed by atoms with van der Waals surface area (Å²) in [7, 11) is 0. The van der Waals surface area contributed by atoms with Crippen LogP contribution in [0.1, 0.15) is 52.4 Å². The van der Waals surface area contributed by atoms with Gasteiger partial charge in [0.25, 0.3) is 0 Å². The molecule has 2 unspecified atom stereocenters. The minimum Gasteiger partial charge on any atom is -0.480 e. The monoisotopic (exact) mass is 372 g/mol. The Morgan fingerprint density at radius 2 is 1.62 bits per heavy atom. The Labute approximate surface area is 154 Å². The van der Waals surface area contributed by atoms with Crippen molar-refractivity contribution in [1.82, 2.24) is 10.8 Å². The van der Waals surface area contributed by atoms with E-state index >= 15 is 0 Å². The molecule has 10 nitrogen and oxygen atoms in total. The van der Waals surface area contributed by atoms with Crippen LogP contribution in [0.2, 0.25) is 0 Å². The Morgan fingerprint density at radius 3 is 2.15 bits per heavy atom. The van der Waals surface area contributed by atoms with Gasteiger partial charge in [-0.3, -0.25) is 25.5 Å². The predicted octanol–water partition coefficient (Wildman–Crippen LogP) is -0.00200. The standard InChI is InChI=1S/C16H32N6O4/c1-11(17)19-9-5-3-7-13(18)15(23)21-14(16(24)25)8-4-6-10-20-12(2)22-26/h13-14,26H,3-10,18H2,1-2H3,(H2,17,19)(H,20,22)(H,21,23)(H,24,25). The third-order valence-electron chi connectivity index (χ3n) is 3.65. The Bertz CT molecular complexity index is 491.